The molecule has 0 unspecified atom stereocenters. The number of hydrogen-bond acceptors (Lipinski definition) is 7. The van der Waals surface area contributed by atoms with Gasteiger partial charge in [-0.05, 0) is 38.8 Å². The zero-order valence-electron chi connectivity index (χ0n) is 23.0. The summed E-state index contributed by atoms with van der Waals surface area (Å²) in [4.78, 5) is 29.2. The smallest absolute Gasteiger partial charge is 0.390 e. The number of aryl methyl sites for hydroxylation is 2. The summed E-state index contributed by atoms with van der Waals surface area (Å²) in [6.07, 6.45) is -5.64. The molecule has 0 bridgehead atoms. The number of aromatic nitrogens is 1. The third-order valence-corrected chi connectivity index (χ3v) is 6.79. The molecule has 13 heteroatoms. The SMILES string of the molecule is CO[C@@H]1CN(C)C(=O)c2ccc(NC(=O)Nc3c(C)noc3C)cc2OC[C@@H](C)N(CCC(F)(F)F)C[C@H]1C. The Labute approximate surface area is 225 Å². The first kappa shape index (κ1) is 30.2. The maximum absolute atomic E-state index is 13.3. The fourth-order valence-corrected chi connectivity index (χ4v) is 4.44. The second-order valence-electron chi connectivity index (χ2n) is 9.95. The number of hydrogen-bond donors (Lipinski definition) is 2. The summed E-state index contributed by atoms with van der Waals surface area (Å²) >= 11 is 0. The van der Waals surface area contributed by atoms with Crippen molar-refractivity contribution in [1.82, 2.24) is 15.0 Å². The van der Waals surface area contributed by atoms with E-state index in [0.717, 1.165) is 0 Å². The Morgan fingerprint density at radius 3 is 2.54 bits per heavy atom. The number of ether oxygens (including phenoxy) is 2. The van der Waals surface area contributed by atoms with Crippen LogP contribution in [0.4, 0.5) is 29.3 Å². The number of halogens is 3. The van der Waals surface area contributed by atoms with Gasteiger partial charge in [-0.2, -0.15) is 13.2 Å². The summed E-state index contributed by atoms with van der Waals surface area (Å²) in [6, 6.07) is 3.69. The first-order valence-electron chi connectivity index (χ1n) is 12.7. The number of nitrogens with one attached hydrogen (secondary N) is 2. The van der Waals surface area contributed by atoms with Crippen LogP contribution in [0.5, 0.6) is 5.75 Å². The van der Waals surface area contributed by atoms with Gasteiger partial charge in [0.05, 0.1) is 18.1 Å². The quantitative estimate of drug-likeness (QED) is 0.551. The van der Waals surface area contributed by atoms with Crippen LogP contribution in [0.15, 0.2) is 22.7 Å². The van der Waals surface area contributed by atoms with Gasteiger partial charge in [0.25, 0.3) is 5.91 Å². The van der Waals surface area contributed by atoms with Crippen LogP contribution in [0.1, 0.15) is 42.1 Å². The topological polar surface area (TPSA) is 109 Å². The monoisotopic (exact) mass is 555 g/mol. The highest BCUT2D eigenvalue weighted by molar-refractivity contribution is 6.02. The van der Waals surface area contributed by atoms with Gasteiger partial charge in [0.2, 0.25) is 0 Å². The number of methoxy groups -OCH3 is 1. The average molecular weight is 556 g/mol. The van der Waals surface area contributed by atoms with Crippen LogP contribution >= 0.6 is 0 Å². The van der Waals surface area contributed by atoms with E-state index >= 15 is 0 Å². The molecule has 0 radical (unpaired) electrons. The molecule has 1 aromatic heterocycles. The molecule has 1 aromatic carbocycles. The molecule has 0 spiro atoms. The number of carbonyl (C=O) groups is 2. The molecule has 2 aromatic rings. The number of likely N-dealkylation sites (N-methyl/N-ethyl adjacent to an activating group) is 1. The number of fused-ring (bicyclic) bond motifs is 1. The van der Waals surface area contributed by atoms with Crippen molar-refractivity contribution in [3.8, 4) is 5.75 Å². The van der Waals surface area contributed by atoms with Crippen molar-refractivity contribution in [1.29, 1.82) is 0 Å². The van der Waals surface area contributed by atoms with Gasteiger partial charge in [0.1, 0.15) is 23.7 Å². The number of carbonyl (C=O) groups excluding carboxylic acids is 2. The van der Waals surface area contributed by atoms with Crippen LogP contribution < -0.4 is 15.4 Å². The molecule has 2 heterocycles. The van der Waals surface area contributed by atoms with Crippen LogP contribution in [-0.2, 0) is 4.74 Å². The van der Waals surface area contributed by atoms with E-state index in [2.05, 4.69) is 15.8 Å². The standard InChI is InChI=1S/C26H36F3N5O5/c1-15-12-34(10-9-26(27,28)29)16(2)14-38-21-11-19(30-25(36)31-23-17(3)32-39-18(23)4)7-8-20(21)24(35)33(5)13-22(15)37-6/h7-8,11,15-16,22H,9-10,12-14H2,1-6H3,(H2,30,31,36)/t15-,16-,22-/m1/s1. The van der Waals surface area contributed by atoms with Gasteiger partial charge < -0.3 is 29.5 Å². The van der Waals surface area contributed by atoms with E-state index in [-0.39, 0.29) is 42.8 Å². The number of anilines is 2. The van der Waals surface area contributed by atoms with Crippen molar-refractivity contribution in [2.24, 2.45) is 5.92 Å². The van der Waals surface area contributed by atoms with Gasteiger partial charge in [-0.15, -0.1) is 0 Å². The fraction of sp³-hybridized carbons (Fsp3) is 0.577. The molecular formula is C26H36F3N5O5. The molecule has 2 N–H and O–H groups in total. The van der Waals surface area contributed by atoms with Gasteiger partial charge in [-0.1, -0.05) is 12.1 Å². The van der Waals surface area contributed by atoms with Crippen LogP contribution in [0.3, 0.4) is 0 Å². The Kier molecular flexibility index (Phi) is 9.83. The van der Waals surface area contributed by atoms with E-state index in [1.165, 1.54) is 18.1 Å². The summed E-state index contributed by atoms with van der Waals surface area (Å²) in [5.41, 5.74) is 1.57. The van der Waals surface area contributed by atoms with Crippen molar-refractivity contribution < 1.29 is 36.8 Å². The highest BCUT2D eigenvalue weighted by Gasteiger charge is 2.32. The van der Waals surface area contributed by atoms with Gasteiger partial charge in [-0.25, -0.2) is 4.79 Å². The molecule has 1 aliphatic heterocycles. The molecule has 216 valence electrons. The average Bonchev–Trinajstić information content (AvgIpc) is 3.18. The number of amides is 3. The predicted molar refractivity (Wildman–Crippen MR) is 139 cm³/mol. The Morgan fingerprint density at radius 2 is 1.92 bits per heavy atom. The Balaban J connectivity index is 1.87. The third-order valence-electron chi connectivity index (χ3n) is 6.79. The van der Waals surface area contributed by atoms with Crippen LogP contribution in [0, 0.1) is 19.8 Å². The van der Waals surface area contributed by atoms with Crippen molar-refractivity contribution in [2.75, 3.05) is 51.0 Å². The molecule has 3 rings (SSSR count). The molecule has 39 heavy (non-hydrogen) atoms. The van der Waals surface area contributed by atoms with E-state index in [9.17, 15) is 22.8 Å². The second-order valence-corrected chi connectivity index (χ2v) is 9.95. The van der Waals surface area contributed by atoms with Crippen molar-refractivity contribution in [3.05, 3.63) is 35.2 Å². The molecule has 1 aliphatic rings. The number of alkyl halides is 3. The van der Waals surface area contributed by atoms with Gasteiger partial charge in [-0.3, -0.25) is 9.69 Å². The predicted octanol–water partition coefficient (Wildman–Crippen LogP) is 4.69. The van der Waals surface area contributed by atoms with Crippen molar-refractivity contribution >= 4 is 23.3 Å². The zero-order chi connectivity index (χ0) is 28.9. The van der Waals surface area contributed by atoms with E-state index in [0.29, 0.717) is 29.4 Å². The van der Waals surface area contributed by atoms with Gasteiger partial charge in [0, 0.05) is 51.6 Å². The highest BCUT2D eigenvalue weighted by atomic mass is 19.4. The largest absolute Gasteiger partial charge is 0.491 e. The van der Waals surface area contributed by atoms with Crippen LogP contribution in [0.2, 0.25) is 0 Å². The van der Waals surface area contributed by atoms with E-state index in [1.54, 1.807) is 44.9 Å². The third kappa shape index (κ3) is 8.09. The molecule has 3 atom stereocenters. The maximum atomic E-state index is 13.3. The zero-order valence-corrected chi connectivity index (χ0v) is 23.0. The Morgan fingerprint density at radius 1 is 1.21 bits per heavy atom. The number of urea groups is 1. The highest BCUT2D eigenvalue weighted by Crippen LogP contribution is 2.28. The Hall–Kier alpha value is -3.32. The second kappa shape index (κ2) is 12.7. The van der Waals surface area contributed by atoms with E-state index in [1.807, 2.05) is 6.92 Å². The first-order chi connectivity index (χ1) is 18.3. The summed E-state index contributed by atoms with van der Waals surface area (Å²) in [5.74, 6) is 0.188. The summed E-state index contributed by atoms with van der Waals surface area (Å²) in [7, 11) is 3.15. The molecular weight excluding hydrogens is 519 g/mol. The van der Waals surface area contributed by atoms with E-state index < -0.39 is 30.8 Å². The first-order valence-corrected chi connectivity index (χ1v) is 12.7. The fourth-order valence-electron chi connectivity index (χ4n) is 4.44. The molecule has 0 saturated heterocycles. The van der Waals surface area contributed by atoms with Crippen molar-refractivity contribution in [3.63, 3.8) is 0 Å². The molecule has 0 aliphatic carbocycles. The lowest BCUT2D eigenvalue weighted by molar-refractivity contribution is -0.140. The minimum Gasteiger partial charge on any atom is -0.491 e. The molecule has 0 fully saturated rings. The summed E-state index contributed by atoms with van der Waals surface area (Å²) in [5, 5.41) is 9.18. The normalized spacial score (nSPS) is 21.4. The van der Waals surface area contributed by atoms with Crippen molar-refractivity contribution in [2.45, 2.75) is 52.4 Å². The number of rotatable bonds is 5. The minimum absolute atomic E-state index is 0.0287. The number of nitrogens with zero attached hydrogens (tertiary/aromatic N) is 3. The summed E-state index contributed by atoms with van der Waals surface area (Å²) < 4.78 is 55.8. The van der Waals surface area contributed by atoms with Gasteiger partial charge in [0.15, 0.2) is 5.76 Å². The maximum Gasteiger partial charge on any atom is 0.390 e. The lowest BCUT2D eigenvalue weighted by Crippen LogP contribution is -2.47. The van der Waals surface area contributed by atoms with E-state index in [4.69, 9.17) is 14.0 Å². The summed E-state index contributed by atoms with van der Waals surface area (Å²) in [6.45, 7) is 7.43. The van der Waals surface area contributed by atoms with Gasteiger partial charge >= 0.3 is 12.2 Å². The molecule has 10 nitrogen and oxygen atoms in total. The minimum atomic E-state index is -4.29. The lowest BCUT2D eigenvalue weighted by Gasteiger charge is -2.36. The lowest BCUT2D eigenvalue weighted by atomic mass is 10.0. The Bertz CT molecular complexity index is 1140. The molecule has 0 saturated carbocycles. The van der Waals surface area contributed by atoms with Crippen LogP contribution in [-0.4, -0.2) is 85.6 Å². The number of benzene rings is 1. The molecule has 3 amide bonds. The van der Waals surface area contributed by atoms with Crippen LogP contribution in [0.25, 0.3) is 0 Å².